The predicted molar refractivity (Wildman–Crippen MR) is 192 cm³/mol. The molecule has 0 aliphatic carbocycles. The minimum absolute atomic E-state index is 0.314. The van der Waals surface area contributed by atoms with Gasteiger partial charge in [0.25, 0.3) is 5.91 Å². The average Bonchev–Trinajstić information content (AvgIpc) is 3.59. The number of ether oxygens (including phenoxy) is 1. The molecule has 4 aromatic rings. The van der Waals surface area contributed by atoms with Crippen molar-refractivity contribution in [3.8, 4) is 17.2 Å². The fraction of sp³-hybridized carbons (Fsp3) is 0.371. The first kappa shape index (κ1) is 34.2. The lowest BCUT2D eigenvalue weighted by Crippen LogP contribution is -2.40. The van der Waals surface area contributed by atoms with Gasteiger partial charge in [0.15, 0.2) is 11.6 Å². The van der Waals surface area contributed by atoms with Crippen molar-refractivity contribution in [3.05, 3.63) is 81.4 Å². The summed E-state index contributed by atoms with van der Waals surface area (Å²) in [5.74, 6) is 0.679. The van der Waals surface area contributed by atoms with Gasteiger partial charge in [0.05, 0.1) is 39.9 Å². The number of carbonyl (C=O) groups is 2. The van der Waals surface area contributed by atoms with Crippen molar-refractivity contribution < 1.29 is 14.3 Å². The molecule has 0 saturated carbocycles. The van der Waals surface area contributed by atoms with Gasteiger partial charge in [-0.25, -0.2) is 14.8 Å². The van der Waals surface area contributed by atoms with Crippen LogP contribution >= 0.6 is 19.8 Å². The fourth-order valence-corrected chi connectivity index (χ4v) is 7.14. The van der Waals surface area contributed by atoms with Crippen LogP contribution in [0.5, 0.6) is 0 Å². The molecule has 2 amide bonds. The Morgan fingerprint density at radius 1 is 0.980 bits per heavy atom. The van der Waals surface area contributed by atoms with E-state index in [1.807, 2.05) is 74.9 Å². The van der Waals surface area contributed by atoms with Crippen LogP contribution < -0.4 is 16.0 Å². The van der Waals surface area contributed by atoms with E-state index in [-0.39, 0.29) is 12.0 Å². The van der Waals surface area contributed by atoms with E-state index in [2.05, 4.69) is 27.0 Å². The summed E-state index contributed by atoms with van der Waals surface area (Å²) in [6.07, 6.45) is 1.10. The highest BCUT2D eigenvalue weighted by Gasteiger charge is 2.30. The van der Waals surface area contributed by atoms with E-state index in [9.17, 15) is 14.9 Å². The maximum absolute atomic E-state index is 13.4. The number of hydrogen-bond donors (Lipinski definition) is 3. The molecule has 0 unspecified atom stereocenters. The molecule has 0 radical (unpaired) electrons. The van der Waals surface area contributed by atoms with Gasteiger partial charge in [-0.2, -0.15) is 5.26 Å². The highest BCUT2D eigenvalue weighted by Crippen LogP contribution is 2.38. The summed E-state index contributed by atoms with van der Waals surface area (Å²) in [7, 11) is 4.72. The molecular formula is C35H39ClN9O3P. The molecule has 12 nitrogen and oxygen atoms in total. The second-order valence-corrected chi connectivity index (χ2v) is 14.3. The molecule has 0 saturated heterocycles. The van der Waals surface area contributed by atoms with Crippen LogP contribution in [0.1, 0.15) is 65.6 Å². The number of benzene rings is 2. The van der Waals surface area contributed by atoms with Crippen molar-refractivity contribution in [1.82, 2.24) is 29.3 Å². The van der Waals surface area contributed by atoms with E-state index in [0.717, 1.165) is 55.2 Å². The highest BCUT2D eigenvalue weighted by atomic mass is 35.5. The number of nitrogens with one attached hydrogen (secondary N) is 3. The number of nitrogens with zero attached hydrogens (tertiary/aromatic N) is 6. The third-order valence-corrected chi connectivity index (χ3v) is 9.81. The zero-order valence-corrected chi connectivity index (χ0v) is 30.1. The average molecular weight is 700 g/mol. The number of halogens is 1. The van der Waals surface area contributed by atoms with Gasteiger partial charge in [-0.05, 0) is 39.6 Å². The maximum Gasteiger partial charge on any atom is 0.410 e. The van der Waals surface area contributed by atoms with E-state index in [1.165, 1.54) is 0 Å². The van der Waals surface area contributed by atoms with Gasteiger partial charge < -0.3 is 34.7 Å². The Morgan fingerprint density at radius 3 is 2.35 bits per heavy atom. The minimum atomic E-state index is -0.581. The molecule has 2 aliphatic heterocycles. The molecule has 0 fully saturated rings. The van der Waals surface area contributed by atoms with E-state index in [1.54, 1.807) is 17.0 Å². The molecule has 2 aromatic carbocycles. The van der Waals surface area contributed by atoms with Crippen molar-refractivity contribution in [2.75, 3.05) is 30.4 Å². The van der Waals surface area contributed by atoms with Crippen LogP contribution in [0.4, 0.5) is 16.2 Å². The molecule has 2 aliphatic rings. The number of fused-ring (bicyclic) bond motifs is 2. The van der Waals surface area contributed by atoms with Gasteiger partial charge in [-0.3, -0.25) is 4.79 Å². The minimum Gasteiger partial charge on any atom is -0.444 e. The number of anilines is 2. The van der Waals surface area contributed by atoms with Crippen molar-refractivity contribution in [3.63, 3.8) is 0 Å². The molecule has 0 atom stereocenters. The van der Waals surface area contributed by atoms with Crippen LogP contribution in [0.15, 0.2) is 36.4 Å². The maximum atomic E-state index is 13.4. The standard InChI is InChI=1S/C35H39ClN9O3P/c1-35(2,3)48-34(47)45-16-14-28-26(19-45)40-31(44(28)5)33(49-6)42-23-11-7-9-20(22(23)17-37)21-10-8-12-24(29(21)36)41-32(46)30-39-25-18-38-15-13-27(25)43(30)4/h7-12,38,42H,13-16,18-19H2,1-6H3,(H,41,46). The normalized spacial score (nSPS) is 14.5. The Bertz CT molecular complexity index is 2040. The zero-order chi connectivity index (χ0) is 35.0. The lowest BCUT2D eigenvalue weighted by molar-refractivity contribution is 0.0220. The van der Waals surface area contributed by atoms with E-state index < -0.39 is 5.60 Å². The SMILES string of the molecule is C/P=C(/Nc1cccc(-c2cccc(NC(=O)c3nc4c(n3C)CCNC4)c2Cl)c1C#N)c1nc2c(n1C)CCN(C(=O)OC(C)(C)C)C2. The number of carbonyl (C=O) groups excluding carboxylic acids is 2. The van der Waals surface area contributed by atoms with E-state index in [0.29, 0.717) is 65.0 Å². The second kappa shape index (κ2) is 13.7. The first-order chi connectivity index (χ1) is 23.4. The van der Waals surface area contributed by atoms with E-state index in [4.69, 9.17) is 21.3 Å². The van der Waals surface area contributed by atoms with Crippen LogP contribution in [0, 0.1) is 11.3 Å². The summed E-state index contributed by atoms with van der Waals surface area (Å²) in [5.41, 5.74) is 6.65. The molecule has 6 rings (SSSR count). The first-order valence-electron chi connectivity index (χ1n) is 16.0. The topological polar surface area (TPSA) is 142 Å². The van der Waals surface area contributed by atoms with Crippen LogP contribution in [0.2, 0.25) is 5.02 Å². The Kier molecular flexibility index (Phi) is 9.54. The number of rotatable bonds is 6. The number of aromatic nitrogens is 4. The number of hydrogen-bond acceptors (Lipinski definition) is 7. The Hall–Kier alpha value is -4.69. The summed E-state index contributed by atoms with van der Waals surface area (Å²) in [5, 5.41) is 20.4. The number of nitriles is 1. The summed E-state index contributed by atoms with van der Waals surface area (Å²) in [6.45, 7) is 9.92. The third-order valence-electron chi connectivity index (χ3n) is 8.64. The molecule has 3 N–H and O–H groups in total. The molecule has 4 heterocycles. The smallest absolute Gasteiger partial charge is 0.410 e. The fourth-order valence-electron chi connectivity index (χ4n) is 6.24. The van der Waals surface area contributed by atoms with E-state index >= 15 is 0 Å². The Labute approximate surface area is 292 Å². The molecule has 0 bridgehead atoms. The van der Waals surface area contributed by atoms with Gasteiger partial charge >= 0.3 is 6.09 Å². The predicted octanol–water partition coefficient (Wildman–Crippen LogP) is 5.70. The number of amides is 2. The zero-order valence-electron chi connectivity index (χ0n) is 28.4. The summed E-state index contributed by atoms with van der Waals surface area (Å²) in [4.78, 5) is 37.3. The molecule has 14 heteroatoms. The van der Waals surface area contributed by atoms with Gasteiger partial charge in [-0.15, -0.1) is 0 Å². The molecular weight excluding hydrogens is 661 g/mol. The summed E-state index contributed by atoms with van der Waals surface area (Å²) >= 11 is 6.94. The Morgan fingerprint density at radius 2 is 1.65 bits per heavy atom. The second-order valence-electron chi connectivity index (χ2n) is 13.0. The molecule has 2 aromatic heterocycles. The number of imidazole rings is 2. The van der Waals surface area contributed by atoms with Crippen molar-refractivity contribution >= 4 is 48.6 Å². The monoisotopic (exact) mass is 699 g/mol. The van der Waals surface area contributed by atoms with Crippen LogP contribution in [0.3, 0.4) is 0 Å². The Balaban J connectivity index is 1.26. The van der Waals surface area contributed by atoms with Gasteiger partial charge in [0.1, 0.15) is 17.1 Å². The highest BCUT2D eigenvalue weighted by molar-refractivity contribution is 7.40. The van der Waals surface area contributed by atoms with Crippen LogP contribution in [0.25, 0.3) is 11.1 Å². The molecule has 0 spiro atoms. The molecule has 49 heavy (non-hydrogen) atoms. The van der Waals surface area contributed by atoms with Gasteiger partial charge in [-0.1, -0.05) is 44.1 Å². The van der Waals surface area contributed by atoms with Crippen molar-refractivity contribution in [2.45, 2.75) is 52.3 Å². The summed E-state index contributed by atoms with van der Waals surface area (Å²) in [6, 6.07) is 13.3. The lowest BCUT2D eigenvalue weighted by Gasteiger charge is -2.29. The molecule has 254 valence electrons. The third kappa shape index (κ3) is 6.79. The van der Waals surface area contributed by atoms with Crippen LogP contribution in [-0.4, -0.2) is 66.8 Å². The first-order valence-corrected chi connectivity index (χ1v) is 17.8. The summed E-state index contributed by atoms with van der Waals surface area (Å²) < 4.78 is 9.48. The van der Waals surface area contributed by atoms with Gasteiger partial charge in [0, 0.05) is 69.1 Å². The van der Waals surface area contributed by atoms with Gasteiger partial charge in [0.2, 0.25) is 0 Å². The van der Waals surface area contributed by atoms with Crippen LogP contribution in [-0.2, 0) is 44.8 Å². The quantitative estimate of drug-likeness (QED) is 0.218. The lowest BCUT2D eigenvalue weighted by atomic mass is 9.98. The largest absolute Gasteiger partial charge is 0.444 e. The van der Waals surface area contributed by atoms with Crippen molar-refractivity contribution in [2.24, 2.45) is 14.1 Å². The van der Waals surface area contributed by atoms with Crippen molar-refractivity contribution in [1.29, 1.82) is 5.26 Å².